The van der Waals surface area contributed by atoms with Crippen LogP contribution in [0.4, 0.5) is 5.82 Å². The van der Waals surface area contributed by atoms with Crippen molar-refractivity contribution in [3.8, 4) is 0 Å². The molecule has 0 spiro atoms. The summed E-state index contributed by atoms with van der Waals surface area (Å²) in [5.74, 6) is 1.85. The molecule has 1 N–H and O–H groups in total. The molecule has 0 saturated heterocycles. The lowest BCUT2D eigenvalue weighted by Gasteiger charge is -2.26. The van der Waals surface area contributed by atoms with Gasteiger partial charge in [0.25, 0.3) is 5.78 Å². The van der Waals surface area contributed by atoms with E-state index in [9.17, 15) is 0 Å². The highest BCUT2D eigenvalue weighted by Crippen LogP contribution is 2.27. The molecule has 24 heavy (non-hydrogen) atoms. The number of aromatic nitrogens is 4. The van der Waals surface area contributed by atoms with Gasteiger partial charge in [0.1, 0.15) is 12.1 Å². The zero-order valence-electron chi connectivity index (χ0n) is 13.9. The number of benzene rings is 1. The molecule has 1 aromatic carbocycles. The van der Waals surface area contributed by atoms with Crippen molar-refractivity contribution >= 4 is 11.6 Å². The number of ether oxygens (including phenoxy) is 1. The van der Waals surface area contributed by atoms with Crippen LogP contribution in [-0.2, 0) is 11.2 Å². The summed E-state index contributed by atoms with van der Waals surface area (Å²) in [6.45, 7) is 5.70. The number of hydrogen-bond donors (Lipinski definition) is 1. The molecule has 1 atom stereocenters. The van der Waals surface area contributed by atoms with E-state index in [-0.39, 0.29) is 6.10 Å². The lowest BCUT2D eigenvalue weighted by Crippen LogP contribution is -2.23. The highest BCUT2D eigenvalue weighted by molar-refractivity contribution is 5.46. The van der Waals surface area contributed by atoms with E-state index < -0.39 is 0 Å². The molecule has 0 bridgehead atoms. The van der Waals surface area contributed by atoms with E-state index in [1.165, 1.54) is 17.5 Å². The molecular formula is C18H21N5O. The molecule has 124 valence electrons. The molecule has 0 fully saturated rings. The van der Waals surface area contributed by atoms with Crippen molar-refractivity contribution < 1.29 is 4.74 Å². The Morgan fingerprint density at radius 3 is 3.08 bits per heavy atom. The largest absolute Gasteiger partial charge is 0.371 e. The van der Waals surface area contributed by atoms with Gasteiger partial charge in [-0.1, -0.05) is 38.1 Å². The number of rotatable bonds is 4. The zero-order chi connectivity index (χ0) is 16.5. The SMILES string of the molecule is CC(C)c1cc(NCC2OCCc3ccccc32)n2ncnc2n1. The normalized spacial score (nSPS) is 17.2. The third-order valence-corrected chi connectivity index (χ3v) is 4.42. The van der Waals surface area contributed by atoms with Gasteiger partial charge in [-0.2, -0.15) is 14.6 Å². The monoisotopic (exact) mass is 323 g/mol. The average molecular weight is 323 g/mol. The number of hydrogen-bond acceptors (Lipinski definition) is 5. The van der Waals surface area contributed by atoms with Gasteiger partial charge in [0, 0.05) is 12.6 Å². The molecule has 3 aromatic rings. The van der Waals surface area contributed by atoms with E-state index >= 15 is 0 Å². The van der Waals surface area contributed by atoms with Gasteiger partial charge in [0.05, 0.1) is 18.4 Å². The minimum absolute atomic E-state index is 0.0455. The van der Waals surface area contributed by atoms with Gasteiger partial charge in [-0.05, 0) is 23.5 Å². The van der Waals surface area contributed by atoms with E-state index in [4.69, 9.17) is 4.74 Å². The van der Waals surface area contributed by atoms with E-state index in [1.807, 2.05) is 6.07 Å². The molecule has 0 saturated carbocycles. The molecule has 3 heterocycles. The predicted molar refractivity (Wildman–Crippen MR) is 92.2 cm³/mol. The Kier molecular flexibility index (Phi) is 3.90. The highest BCUT2D eigenvalue weighted by atomic mass is 16.5. The van der Waals surface area contributed by atoms with Gasteiger partial charge in [0.15, 0.2) is 0 Å². The molecule has 2 aromatic heterocycles. The molecule has 0 amide bonds. The summed E-state index contributed by atoms with van der Waals surface area (Å²) in [7, 11) is 0. The second-order valence-corrected chi connectivity index (χ2v) is 6.38. The van der Waals surface area contributed by atoms with Crippen LogP contribution in [0.25, 0.3) is 5.78 Å². The fourth-order valence-electron chi connectivity index (χ4n) is 3.10. The number of nitrogens with zero attached hydrogens (tertiary/aromatic N) is 4. The van der Waals surface area contributed by atoms with E-state index in [0.29, 0.717) is 18.2 Å². The van der Waals surface area contributed by atoms with Crippen LogP contribution in [0.2, 0.25) is 0 Å². The summed E-state index contributed by atoms with van der Waals surface area (Å²) >= 11 is 0. The molecule has 0 radical (unpaired) electrons. The Bertz CT molecular complexity index is 857. The smallest absolute Gasteiger partial charge is 0.254 e. The van der Waals surface area contributed by atoms with Crippen molar-refractivity contribution in [2.75, 3.05) is 18.5 Å². The number of fused-ring (bicyclic) bond motifs is 2. The Balaban J connectivity index is 1.61. The lowest BCUT2D eigenvalue weighted by molar-refractivity contribution is 0.0513. The van der Waals surface area contributed by atoms with Crippen LogP contribution in [0.3, 0.4) is 0 Å². The minimum atomic E-state index is 0.0455. The van der Waals surface area contributed by atoms with Gasteiger partial charge in [-0.15, -0.1) is 0 Å². The minimum Gasteiger partial charge on any atom is -0.371 e. The molecule has 1 aliphatic heterocycles. The van der Waals surface area contributed by atoms with Gasteiger partial charge >= 0.3 is 0 Å². The molecule has 1 aliphatic rings. The quantitative estimate of drug-likeness (QED) is 0.799. The first-order valence-electron chi connectivity index (χ1n) is 8.36. The first kappa shape index (κ1) is 15.1. The van der Waals surface area contributed by atoms with Crippen molar-refractivity contribution in [2.24, 2.45) is 0 Å². The van der Waals surface area contributed by atoms with Gasteiger partial charge in [-0.3, -0.25) is 0 Å². The second kappa shape index (κ2) is 6.20. The summed E-state index contributed by atoms with van der Waals surface area (Å²) in [5, 5.41) is 7.74. The van der Waals surface area contributed by atoms with Crippen molar-refractivity contribution in [3.05, 3.63) is 53.5 Å². The summed E-state index contributed by atoms with van der Waals surface area (Å²) in [6, 6.07) is 10.5. The Labute approximate surface area is 140 Å². The standard InChI is InChI=1S/C18H21N5O/c1-12(2)15-9-17(23-18(22-15)20-11-21-23)19-10-16-14-6-4-3-5-13(14)7-8-24-16/h3-6,9,11-12,16,19H,7-8,10H2,1-2H3. The zero-order valence-corrected chi connectivity index (χ0v) is 13.9. The third kappa shape index (κ3) is 2.73. The maximum absolute atomic E-state index is 5.97. The maximum Gasteiger partial charge on any atom is 0.254 e. The molecule has 4 rings (SSSR count). The Morgan fingerprint density at radius 1 is 1.33 bits per heavy atom. The summed E-state index contributed by atoms with van der Waals surface area (Å²) in [4.78, 5) is 8.77. The van der Waals surface area contributed by atoms with Crippen LogP contribution >= 0.6 is 0 Å². The van der Waals surface area contributed by atoms with Crippen LogP contribution in [0.15, 0.2) is 36.7 Å². The van der Waals surface area contributed by atoms with Crippen LogP contribution < -0.4 is 5.32 Å². The number of nitrogens with one attached hydrogen (secondary N) is 1. The first-order chi connectivity index (χ1) is 11.7. The molecule has 6 nitrogen and oxygen atoms in total. The molecule has 0 aliphatic carbocycles. The van der Waals surface area contributed by atoms with E-state index in [2.05, 4.69) is 58.5 Å². The van der Waals surface area contributed by atoms with Crippen molar-refractivity contribution in [1.82, 2.24) is 19.6 Å². The van der Waals surface area contributed by atoms with Gasteiger partial charge < -0.3 is 10.1 Å². The lowest BCUT2D eigenvalue weighted by atomic mass is 9.97. The topological polar surface area (TPSA) is 64.3 Å². The fourth-order valence-corrected chi connectivity index (χ4v) is 3.10. The summed E-state index contributed by atoms with van der Waals surface area (Å²) in [5.41, 5.74) is 3.64. The first-order valence-corrected chi connectivity index (χ1v) is 8.36. The maximum atomic E-state index is 5.97. The van der Waals surface area contributed by atoms with Crippen LogP contribution in [-0.4, -0.2) is 32.7 Å². The summed E-state index contributed by atoms with van der Waals surface area (Å²) in [6.07, 6.45) is 2.56. The van der Waals surface area contributed by atoms with Gasteiger partial charge in [-0.25, -0.2) is 4.98 Å². The molecular weight excluding hydrogens is 302 g/mol. The van der Waals surface area contributed by atoms with Crippen molar-refractivity contribution in [1.29, 1.82) is 0 Å². The van der Waals surface area contributed by atoms with Crippen LogP contribution in [0.1, 0.15) is 42.7 Å². The third-order valence-electron chi connectivity index (χ3n) is 4.42. The van der Waals surface area contributed by atoms with Crippen molar-refractivity contribution in [3.63, 3.8) is 0 Å². The Hall–Kier alpha value is -2.47. The highest BCUT2D eigenvalue weighted by Gasteiger charge is 2.20. The van der Waals surface area contributed by atoms with Crippen LogP contribution in [0.5, 0.6) is 0 Å². The molecule has 6 heteroatoms. The molecule has 1 unspecified atom stereocenters. The van der Waals surface area contributed by atoms with E-state index in [0.717, 1.165) is 24.5 Å². The van der Waals surface area contributed by atoms with Crippen molar-refractivity contribution in [2.45, 2.75) is 32.3 Å². The average Bonchev–Trinajstić information content (AvgIpc) is 3.08. The van der Waals surface area contributed by atoms with E-state index in [1.54, 1.807) is 4.52 Å². The fraction of sp³-hybridized carbons (Fsp3) is 0.389. The number of anilines is 1. The van der Waals surface area contributed by atoms with Crippen LogP contribution in [0, 0.1) is 0 Å². The predicted octanol–water partition coefficient (Wildman–Crippen LogP) is 2.97. The Morgan fingerprint density at radius 2 is 2.21 bits per heavy atom. The second-order valence-electron chi connectivity index (χ2n) is 6.38. The van der Waals surface area contributed by atoms with Gasteiger partial charge in [0.2, 0.25) is 0 Å². The summed E-state index contributed by atoms with van der Waals surface area (Å²) < 4.78 is 7.71.